The number of aromatic nitrogens is 1. The lowest BCUT2D eigenvalue weighted by Crippen LogP contribution is -2.43. The maximum Gasteiger partial charge on any atom is 0.322 e. The Labute approximate surface area is 181 Å². The van der Waals surface area contributed by atoms with E-state index >= 15 is 0 Å². The standard InChI is InChI=1S/C25H27F2N3O/c26-20-9-6-8-19(16-20)17-29-15-7-12-22(29)18-30(21-10-2-1-3-11-21)25(31)28-24-14-5-4-13-23(24)27/h4-9,12-16,21H,1-3,10-11,17-18H2,(H,28,31). The van der Waals surface area contributed by atoms with Gasteiger partial charge in [-0.15, -0.1) is 0 Å². The molecule has 1 heterocycles. The number of anilines is 1. The van der Waals surface area contributed by atoms with Crippen molar-refractivity contribution in [1.29, 1.82) is 0 Å². The molecule has 6 heteroatoms. The second kappa shape index (κ2) is 9.77. The number of carbonyl (C=O) groups excluding carboxylic acids is 1. The minimum atomic E-state index is -0.450. The lowest BCUT2D eigenvalue weighted by Gasteiger charge is -2.34. The van der Waals surface area contributed by atoms with Crippen LogP contribution in [-0.2, 0) is 13.1 Å². The predicted octanol–water partition coefficient (Wildman–Crippen LogP) is 6.18. The van der Waals surface area contributed by atoms with Gasteiger partial charge in [0.15, 0.2) is 0 Å². The fourth-order valence-corrected chi connectivity index (χ4v) is 4.26. The summed E-state index contributed by atoms with van der Waals surface area (Å²) in [6, 6.07) is 16.5. The molecule has 2 amide bonds. The average molecular weight is 424 g/mol. The summed E-state index contributed by atoms with van der Waals surface area (Å²) in [5.41, 5.74) is 2.00. The van der Waals surface area contributed by atoms with Crippen molar-refractivity contribution in [2.75, 3.05) is 5.32 Å². The molecule has 31 heavy (non-hydrogen) atoms. The highest BCUT2D eigenvalue weighted by Gasteiger charge is 2.27. The van der Waals surface area contributed by atoms with E-state index in [-0.39, 0.29) is 23.6 Å². The van der Waals surface area contributed by atoms with Gasteiger partial charge in [0.05, 0.1) is 12.2 Å². The van der Waals surface area contributed by atoms with E-state index in [0.717, 1.165) is 36.9 Å². The predicted molar refractivity (Wildman–Crippen MR) is 118 cm³/mol. The fourth-order valence-electron chi connectivity index (χ4n) is 4.26. The van der Waals surface area contributed by atoms with Gasteiger partial charge in [-0.05, 0) is 54.8 Å². The maximum absolute atomic E-state index is 14.1. The lowest BCUT2D eigenvalue weighted by atomic mass is 9.94. The summed E-state index contributed by atoms with van der Waals surface area (Å²) in [5.74, 6) is -0.715. The van der Waals surface area contributed by atoms with E-state index in [1.165, 1.54) is 24.6 Å². The molecule has 0 bridgehead atoms. The summed E-state index contributed by atoms with van der Waals surface area (Å²) in [4.78, 5) is 15.0. The van der Waals surface area contributed by atoms with Gasteiger partial charge in [-0.25, -0.2) is 13.6 Å². The van der Waals surface area contributed by atoms with E-state index in [1.807, 2.05) is 33.9 Å². The molecule has 2 aromatic carbocycles. The molecule has 162 valence electrons. The van der Waals surface area contributed by atoms with Crippen molar-refractivity contribution in [1.82, 2.24) is 9.47 Å². The molecule has 0 aliphatic heterocycles. The molecule has 1 fully saturated rings. The third-order valence-electron chi connectivity index (χ3n) is 5.89. The number of urea groups is 1. The summed E-state index contributed by atoms with van der Waals surface area (Å²) < 4.78 is 29.7. The van der Waals surface area contributed by atoms with Crippen LogP contribution in [0.3, 0.4) is 0 Å². The molecule has 0 unspecified atom stereocenters. The van der Waals surface area contributed by atoms with Gasteiger partial charge >= 0.3 is 6.03 Å². The van der Waals surface area contributed by atoms with Gasteiger partial charge in [0.2, 0.25) is 0 Å². The van der Waals surface area contributed by atoms with Crippen LogP contribution >= 0.6 is 0 Å². The number of para-hydroxylation sites is 1. The molecule has 1 N–H and O–H groups in total. The molecule has 0 radical (unpaired) electrons. The third kappa shape index (κ3) is 5.32. The van der Waals surface area contributed by atoms with Crippen molar-refractivity contribution >= 4 is 11.7 Å². The minimum Gasteiger partial charge on any atom is -0.345 e. The first-order chi connectivity index (χ1) is 15.1. The van der Waals surface area contributed by atoms with Gasteiger partial charge in [0.25, 0.3) is 0 Å². The van der Waals surface area contributed by atoms with Crippen LogP contribution in [-0.4, -0.2) is 21.5 Å². The Bertz CT molecular complexity index is 1030. The maximum atomic E-state index is 14.1. The molecule has 1 aromatic heterocycles. The highest BCUT2D eigenvalue weighted by Crippen LogP contribution is 2.26. The SMILES string of the molecule is O=C(Nc1ccccc1F)N(Cc1cccn1Cc1cccc(F)c1)C1CCCCC1. The summed E-state index contributed by atoms with van der Waals surface area (Å²) in [5, 5.41) is 2.75. The average Bonchev–Trinajstić information content (AvgIpc) is 3.21. The van der Waals surface area contributed by atoms with Crippen molar-refractivity contribution in [3.8, 4) is 0 Å². The zero-order valence-corrected chi connectivity index (χ0v) is 17.4. The topological polar surface area (TPSA) is 37.3 Å². The number of rotatable bonds is 6. The van der Waals surface area contributed by atoms with Gasteiger partial charge in [0, 0.05) is 24.5 Å². The Balaban J connectivity index is 1.55. The van der Waals surface area contributed by atoms with Crippen LogP contribution in [0, 0.1) is 11.6 Å². The molecule has 4 nitrogen and oxygen atoms in total. The highest BCUT2D eigenvalue weighted by molar-refractivity contribution is 5.89. The Hall–Kier alpha value is -3.15. The number of halogens is 2. The van der Waals surface area contributed by atoms with Crippen molar-refractivity contribution in [2.45, 2.75) is 51.2 Å². The summed E-state index contributed by atoms with van der Waals surface area (Å²) in [7, 11) is 0. The highest BCUT2D eigenvalue weighted by atomic mass is 19.1. The summed E-state index contributed by atoms with van der Waals surface area (Å²) in [6.45, 7) is 0.931. The van der Waals surface area contributed by atoms with Gasteiger partial charge in [-0.1, -0.05) is 43.5 Å². The van der Waals surface area contributed by atoms with Crippen LogP contribution in [0.4, 0.5) is 19.3 Å². The molecule has 4 rings (SSSR count). The number of benzene rings is 2. The molecule has 0 atom stereocenters. The van der Waals surface area contributed by atoms with Crippen molar-refractivity contribution in [2.24, 2.45) is 0 Å². The van der Waals surface area contributed by atoms with Gasteiger partial charge in [-0.3, -0.25) is 0 Å². The third-order valence-corrected chi connectivity index (χ3v) is 5.89. The molecule has 0 spiro atoms. The van der Waals surface area contributed by atoms with Crippen LogP contribution in [0.25, 0.3) is 0 Å². The summed E-state index contributed by atoms with van der Waals surface area (Å²) in [6.07, 6.45) is 7.16. The first-order valence-electron chi connectivity index (χ1n) is 10.8. The molecule has 3 aromatic rings. The largest absolute Gasteiger partial charge is 0.345 e. The zero-order chi connectivity index (χ0) is 21.6. The van der Waals surface area contributed by atoms with Gasteiger partial charge < -0.3 is 14.8 Å². The Morgan fingerprint density at radius 2 is 1.81 bits per heavy atom. The summed E-state index contributed by atoms with van der Waals surface area (Å²) >= 11 is 0. The number of nitrogens with one attached hydrogen (secondary N) is 1. The van der Waals surface area contributed by atoms with E-state index in [1.54, 1.807) is 24.3 Å². The van der Waals surface area contributed by atoms with Crippen LogP contribution in [0.1, 0.15) is 43.4 Å². The van der Waals surface area contributed by atoms with E-state index in [2.05, 4.69) is 5.32 Å². The number of amides is 2. The fraction of sp³-hybridized carbons (Fsp3) is 0.320. The van der Waals surface area contributed by atoms with E-state index < -0.39 is 5.82 Å². The quantitative estimate of drug-likeness (QED) is 0.505. The van der Waals surface area contributed by atoms with Crippen LogP contribution in [0.5, 0.6) is 0 Å². The Kier molecular flexibility index (Phi) is 6.65. The molecule has 1 aliphatic rings. The molecular weight excluding hydrogens is 396 g/mol. The van der Waals surface area contributed by atoms with Crippen LogP contribution in [0.15, 0.2) is 66.9 Å². The molecule has 0 saturated heterocycles. The smallest absolute Gasteiger partial charge is 0.322 e. The van der Waals surface area contributed by atoms with E-state index in [0.29, 0.717) is 13.1 Å². The molecule has 1 saturated carbocycles. The lowest BCUT2D eigenvalue weighted by molar-refractivity contribution is 0.161. The van der Waals surface area contributed by atoms with Gasteiger partial charge in [0.1, 0.15) is 11.6 Å². The second-order valence-corrected chi connectivity index (χ2v) is 8.09. The normalized spacial score (nSPS) is 14.4. The first kappa shape index (κ1) is 21.1. The zero-order valence-electron chi connectivity index (χ0n) is 17.4. The first-order valence-corrected chi connectivity index (χ1v) is 10.8. The van der Waals surface area contributed by atoms with Crippen molar-refractivity contribution < 1.29 is 13.6 Å². The number of hydrogen-bond donors (Lipinski definition) is 1. The number of nitrogens with zero attached hydrogens (tertiary/aromatic N) is 2. The van der Waals surface area contributed by atoms with E-state index in [4.69, 9.17) is 0 Å². The second-order valence-electron chi connectivity index (χ2n) is 8.09. The Morgan fingerprint density at radius 3 is 2.58 bits per heavy atom. The molecule has 1 aliphatic carbocycles. The van der Waals surface area contributed by atoms with Crippen molar-refractivity contribution in [3.05, 3.63) is 89.8 Å². The minimum absolute atomic E-state index is 0.109. The monoisotopic (exact) mass is 423 g/mol. The molecular formula is C25H27F2N3O. The van der Waals surface area contributed by atoms with E-state index in [9.17, 15) is 13.6 Å². The van der Waals surface area contributed by atoms with Crippen LogP contribution < -0.4 is 5.32 Å². The van der Waals surface area contributed by atoms with Gasteiger partial charge in [-0.2, -0.15) is 0 Å². The van der Waals surface area contributed by atoms with Crippen molar-refractivity contribution in [3.63, 3.8) is 0 Å². The van der Waals surface area contributed by atoms with Crippen LogP contribution in [0.2, 0.25) is 0 Å². The Morgan fingerprint density at radius 1 is 1.00 bits per heavy atom. The number of carbonyl (C=O) groups is 1. The number of hydrogen-bond acceptors (Lipinski definition) is 1.